The molecule has 0 aliphatic heterocycles. The van der Waals surface area contributed by atoms with E-state index in [4.69, 9.17) is 0 Å². The third-order valence-electron chi connectivity index (χ3n) is 1.71. The van der Waals surface area contributed by atoms with E-state index >= 15 is 0 Å². The molecular formula is C8H9BF4FeO2. The van der Waals surface area contributed by atoms with Crippen LogP contribution in [0.15, 0.2) is 23.8 Å². The van der Waals surface area contributed by atoms with Gasteiger partial charge >= 0.3 is 24.3 Å². The van der Waals surface area contributed by atoms with Gasteiger partial charge in [-0.2, -0.15) is 0 Å². The molecule has 0 saturated heterocycles. The molecule has 0 amide bonds. The third-order valence-corrected chi connectivity index (χ3v) is 1.71. The molecular weight excluding hydrogens is 271 g/mol. The molecule has 0 aromatic heterocycles. The van der Waals surface area contributed by atoms with E-state index in [1.54, 1.807) is 6.92 Å². The number of hydrogen-bond acceptors (Lipinski definition) is 2. The Balaban J connectivity index is 0. The van der Waals surface area contributed by atoms with E-state index in [1.165, 1.54) is 0 Å². The van der Waals surface area contributed by atoms with Crippen molar-refractivity contribution in [1.29, 1.82) is 0 Å². The number of carboxylic acids is 1. The predicted octanol–water partition coefficient (Wildman–Crippen LogP) is 1.56. The maximum absolute atomic E-state index is 10.3. The Hall–Kier alpha value is -0.746. The smallest absolute Gasteiger partial charge is 0.550 e. The molecule has 16 heavy (non-hydrogen) atoms. The fraction of sp³-hybridized carbons (Fsp3) is 0.375. The first-order chi connectivity index (χ1) is 6.72. The van der Waals surface area contributed by atoms with Crippen LogP contribution in [0.4, 0.5) is 17.3 Å². The summed E-state index contributed by atoms with van der Waals surface area (Å²) in [6.07, 6.45) is 6.40. The van der Waals surface area contributed by atoms with E-state index in [0.717, 1.165) is 12.0 Å². The molecule has 1 aliphatic carbocycles. The van der Waals surface area contributed by atoms with Crippen LogP contribution in [0, 0.1) is 5.92 Å². The Morgan fingerprint density at radius 3 is 2.12 bits per heavy atom. The van der Waals surface area contributed by atoms with Crippen molar-refractivity contribution in [2.75, 3.05) is 0 Å². The number of carbonyl (C=O) groups is 1. The Morgan fingerprint density at radius 1 is 1.44 bits per heavy atom. The van der Waals surface area contributed by atoms with Crippen molar-refractivity contribution in [2.45, 2.75) is 13.3 Å². The summed E-state index contributed by atoms with van der Waals surface area (Å²) in [5.41, 5.74) is 0.931. The molecule has 92 valence electrons. The van der Waals surface area contributed by atoms with Crippen LogP contribution in [-0.4, -0.2) is 13.2 Å². The van der Waals surface area contributed by atoms with E-state index in [2.05, 4.69) is 0 Å². The number of aliphatic carboxylic acids is 1. The zero-order valence-corrected chi connectivity index (χ0v) is 9.38. The topological polar surface area (TPSA) is 40.1 Å². The molecule has 0 N–H and O–H groups in total. The van der Waals surface area contributed by atoms with Crippen molar-refractivity contribution in [1.82, 2.24) is 0 Å². The molecule has 0 bridgehead atoms. The van der Waals surface area contributed by atoms with Crippen molar-refractivity contribution in [3.05, 3.63) is 23.8 Å². The molecule has 2 nitrogen and oxygen atoms in total. The second-order valence-electron chi connectivity index (χ2n) is 2.91. The average Bonchev–Trinajstić information content (AvgIpc) is 2.51. The van der Waals surface area contributed by atoms with Gasteiger partial charge in [0.25, 0.3) is 0 Å². The van der Waals surface area contributed by atoms with Gasteiger partial charge in [-0.25, -0.2) is 0 Å². The summed E-state index contributed by atoms with van der Waals surface area (Å²) in [7, 11) is -6.00. The van der Waals surface area contributed by atoms with E-state index in [-0.39, 0.29) is 17.1 Å². The average molecular weight is 280 g/mol. The van der Waals surface area contributed by atoms with Gasteiger partial charge in [-0.05, 0) is 6.42 Å². The van der Waals surface area contributed by atoms with Gasteiger partial charge in [-0.3, -0.25) is 0 Å². The molecule has 0 spiro atoms. The first kappa shape index (κ1) is 17.6. The zero-order valence-electron chi connectivity index (χ0n) is 8.28. The van der Waals surface area contributed by atoms with Crippen LogP contribution in [0.3, 0.4) is 0 Å². The largest absolute Gasteiger partial charge is 2.00 e. The molecule has 1 atom stereocenters. The van der Waals surface area contributed by atoms with Gasteiger partial charge in [-0.15, -0.1) is 0 Å². The van der Waals surface area contributed by atoms with Gasteiger partial charge in [-0.1, -0.05) is 30.7 Å². The Labute approximate surface area is 101 Å². The maximum Gasteiger partial charge on any atom is 2.00 e. The van der Waals surface area contributed by atoms with Gasteiger partial charge in [0.2, 0.25) is 0 Å². The van der Waals surface area contributed by atoms with Crippen molar-refractivity contribution >= 4 is 13.2 Å². The standard InChI is InChI=1S/C8H10O2.BF4.Fe/c1-6(8(9)10)7-4-2-3-5-7;2-1(3,4)5;/h2-4,6H,5H2,1H3,(H,9,10);;/q;-1;+2/p-1. The van der Waals surface area contributed by atoms with Gasteiger partial charge in [0.1, 0.15) is 0 Å². The van der Waals surface area contributed by atoms with Crippen LogP contribution in [0.5, 0.6) is 0 Å². The van der Waals surface area contributed by atoms with Crippen LogP contribution in [0.25, 0.3) is 0 Å². The molecule has 8 heteroatoms. The van der Waals surface area contributed by atoms with E-state index in [1.807, 2.05) is 18.2 Å². The molecule has 0 radical (unpaired) electrons. The number of rotatable bonds is 2. The fourth-order valence-electron chi connectivity index (χ4n) is 0.936. The Morgan fingerprint density at radius 2 is 1.88 bits per heavy atom. The van der Waals surface area contributed by atoms with Crippen LogP contribution >= 0.6 is 0 Å². The van der Waals surface area contributed by atoms with E-state index in [9.17, 15) is 27.2 Å². The molecule has 0 fully saturated rings. The maximum atomic E-state index is 10.3. The third kappa shape index (κ3) is 9.80. The number of carbonyl (C=O) groups excluding carboxylic acids is 1. The van der Waals surface area contributed by atoms with Gasteiger partial charge < -0.3 is 27.2 Å². The van der Waals surface area contributed by atoms with E-state index < -0.39 is 19.1 Å². The van der Waals surface area contributed by atoms with Crippen molar-refractivity contribution < 1.29 is 44.2 Å². The first-order valence-electron chi connectivity index (χ1n) is 4.15. The van der Waals surface area contributed by atoms with Gasteiger partial charge in [0.15, 0.2) is 0 Å². The van der Waals surface area contributed by atoms with Gasteiger partial charge in [0, 0.05) is 11.9 Å². The minimum Gasteiger partial charge on any atom is -0.550 e. The summed E-state index contributed by atoms with van der Waals surface area (Å²) in [5.74, 6) is -1.43. The van der Waals surface area contributed by atoms with Crippen LogP contribution in [0.2, 0.25) is 0 Å². The number of carboxylic acid groups (broad SMARTS) is 1. The summed E-state index contributed by atoms with van der Waals surface area (Å²) >= 11 is 0. The number of halogens is 4. The molecule has 1 rings (SSSR count). The zero-order chi connectivity index (χ0) is 12.1. The molecule has 1 unspecified atom stereocenters. The van der Waals surface area contributed by atoms with Crippen LogP contribution < -0.4 is 5.11 Å². The Kier molecular flexibility index (Phi) is 8.29. The number of allylic oxidation sites excluding steroid dienone is 3. The monoisotopic (exact) mass is 280 g/mol. The van der Waals surface area contributed by atoms with Crippen LogP contribution in [0.1, 0.15) is 13.3 Å². The minimum absolute atomic E-state index is 0. The van der Waals surface area contributed by atoms with E-state index in [0.29, 0.717) is 0 Å². The molecule has 0 saturated carbocycles. The SMILES string of the molecule is CC(C(=O)[O-])C1=CC=CC1.F[B-](F)(F)F.[Fe+2]. The predicted molar refractivity (Wildman–Crippen MR) is 46.2 cm³/mol. The Bertz CT molecular complexity index is 282. The van der Waals surface area contributed by atoms with Crippen LogP contribution in [-0.2, 0) is 21.9 Å². The quantitative estimate of drug-likeness (QED) is 0.568. The molecule has 0 heterocycles. The summed E-state index contributed by atoms with van der Waals surface area (Å²) in [6, 6.07) is 0. The second kappa shape index (κ2) is 7.52. The fourth-order valence-corrected chi connectivity index (χ4v) is 0.936. The van der Waals surface area contributed by atoms with Gasteiger partial charge in [0.05, 0.1) is 0 Å². The summed E-state index contributed by atoms with van der Waals surface area (Å²) in [5, 5.41) is 10.3. The normalized spacial score (nSPS) is 15.4. The summed E-state index contributed by atoms with van der Waals surface area (Å²) < 4.78 is 39.0. The number of hydrogen-bond donors (Lipinski definition) is 0. The molecule has 1 aliphatic rings. The molecule has 0 aromatic carbocycles. The minimum atomic E-state index is -6.00. The first-order valence-corrected chi connectivity index (χ1v) is 4.15. The summed E-state index contributed by atoms with van der Waals surface area (Å²) in [4.78, 5) is 10.3. The van der Waals surface area contributed by atoms with Crippen molar-refractivity contribution in [3.63, 3.8) is 0 Å². The van der Waals surface area contributed by atoms with Crippen molar-refractivity contribution in [2.24, 2.45) is 5.92 Å². The second-order valence-corrected chi connectivity index (χ2v) is 2.91. The molecule has 0 aromatic rings. The van der Waals surface area contributed by atoms with Crippen molar-refractivity contribution in [3.8, 4) is 0 Å². The summed E-state index contributed by atoms with van der Waals surface area (Å²) in [6.45, 7) is 1.65.